The second-order valence-electron chi connectivity index (χ2n) is 3.86. The topological polar surface area (TPSA) is 64.3 Å². The van der Waals surface area contributed by atoms with Gasteiger partial charge in [-0.3, -0.25) is 4.79 Å². The van der Waals surface area contributed by atoms with Crippen LogP contribution in [0.1, 0.15) is 26.7 Å². The van der Waals surface area contributed by atoms with Crippen molar-refractivity contribution in [1.82, 2.24) is 5.32 Å². The van der Waals surface area contributed by atoms with Crippen molar-refractivity contribution in [3.05, 3.63) is 0 Å². The molecule has 1 saturated heterocycles. The molecule has 4 nitrogen and oxygen atoms in total. The fraction of sp³-hybridized carbons (Fsp3) is 0.900. The molecule has 0 bridgehead atoms. The van der Waals surface area contributed by atoms with Crippen molar-refractivity contribution < 1.29 is 9.53 Å². The van der Waals surface area contributed by atoms with Crippen LogP contribution in [0, 0.1) is 5.92 Å². The molecule has 0 spiro atoms. The molecule has 0 aromatic carbocycles. The van der Waals surface area contributed by atoms with Gasteiger partial charge in [0.15, 0.2) is 0 Å². The zero-order valence-electron chi connectivity index (χ0n) is 8.95. The fourth-order valence-corrected chi connectivity index (χ4v) is 1.76. The SMILES string of the molecule is CCC1OCCC1C(=O)N[C@H](C)CN. The van der Waals surface area contributed by atoms with Gasteiger partial charge in [0.2, 0.25) is 5.91 Å². The molecule has 1 aliphatic rings. The number of hydrogen-bond donors (Lipinski definition) is 2. The minimum atomic E-state index is 0.0222. The molecule has 0 radical (unpaired) electrons. The largest absolute Gasteiger partial charge is 0.377 e. The van der Waals surface area contributed by atoms with E-state index in [0.29, 0.717) is 13.2 Å². The van der Waals surface area contributed by atoms with E-state index in [2.05, 4.69) is 5.32 Å². The van der Waals surface area contributed by atoms with Crippen molar-refractivity contribution in [1.29, 1.82) is 0 Å². The minimum Gasteiger partial charge on any atom is -0.377 e. The maximum atomic E-state index is 11.7. The van der Waals surface area contributed by atoms with Gasteiger partial charge >= 0.3 is 0 Å². The molecule has 1 aliphatic heterocycles. The van der Waals surface area contributed by atoms with Gasteiger partial charge in [0.05, 0.1) is 12.0 Å². The zero-order chi connectivity index (χ0) is 10.6. The number of nitrogens with one attached hydrogen (secondary N) is 1. The van der Waals surface area contributed by atoms with Crippen molar-refractivity contribution in [3.63, 3.8) is 0 Å². The van der Waals surface area contributed by atoms with Crippen LogP contribution in [0.5, 0.6) is 0 Å². The Balaban J connectivity index is 2.43. The summed E-state index contributed by atoms with van der Waals surface area (Å²) in [5.41, 5.74) is 5.44. The van der Waals surface area contributed by atoms with Crippen LogP contribution in [0.25, 0.3) is 0 Å². The van der Waals surface area contributed by atoms with Crippen LogP contribution in [0.15, 0.2) is 0 Å². The van der Waals surface area contributed by atoms with Crippen molar-refractivity contribution in [2.24, 2.45) is 11.7 Å². The van der Waals surface area contributed by atoms with Crippen LogP contribution in [0.2, 0.25) is 0 Å². The second-order valence-corrected chi connectivity index (χ2v) is 3.86. The Morgan fingerprint density at radius 1 is 1.71 bits per heavy atom. The molecular formula is C10H20N2O2. The van der Waals surface area contributed by atoms with Gasteiger partial charge < -0.3 is 15.8 Å². The first-order chi connectivity index (χ1) is 6.69. The molecule has 3 atom stereocenters. The Kier molecular flexibility index (Phi) is 4.35. The van der Waals surface area contributed by atoms with E-state index in [1.54, 1.807) is 0 Å². The highest BCUT2D eigenvalue weighted by Gasteiger charge is 2.32. The van der Waals surface area contributed by atoms with Crippen LogP contribution in [0.4, 0.5) is 0 Å². The van der Waals surface area contributed by atoms with Crippen LogP contribution in [0.3, 0.4) is 0 Å². The summed E-state index contributed by atoms with van der Waals surface area (Å²) in [5.74, 6) is 0.112. The summed E-state index contributed by atoms with van der Waals surface area (Å²) in [4.78, 5) is 11.7. The third-order valence-corrected chi connectivity index (χ3v) is 2.69. The van der Waals surface area contributed by atoms with E-state index in [-0.39, 0.29) is 24.0 Å². The Morgan fingerprint density at radius 2 is 2.43 bits per heavy atom. The fourth-order valence-electron chi connectivity index (χ4n) is 1.76. The first-order valence-corrected chi connectivity index (χ1v) is 5.31. The summed E-state index contributed by atoms with van der Waals surface area (Å²) in [6.45, 7) is 5.14. The van der Waals surface area contributed by atoms with Crippen molar-refractivity contribution in [2.45, 2.75) is 38.8 Å². The minimum absolute atomic E-state index is 0.0222. The van der Waals surface area contributed by atoms with Gasteiger partial charge in [-0.1, -0.05) is 6.92 Å². The maximum Gasteiger partial charge on any atom is 0.226 e. The molecule has 3 N–H and O–H groups in total. The first-order valence-electron chi connectivity index (χ1n) is 5.31. The van der Waals surface area contributed by atoms with Crippen LogP contribution < -0.4 is 11.1 Å². The number of carbonyl (C=O) groups excluding carboxylic acids is 1. The molecule has 4 heteroatoms. The summed E-state index contributed by atoms with van der Waals surface area (Å²) < 4.78 is 5.46. The lowest BCUT2D eigenvalue weighted by molar-refractivity contribution is -0.127. The lowest BCUT2D eigenvalue weighted by Crippen LogP contribution is -2.43. The lowest BCUT2D eigenvalue weighted by Gasteiger charge is -2.19. The normalized spacial score (nSPS) is 28.8. The van der Waals surface area contributed by atoms with Crippen molar-refractivity contribution >= 4 is 5.91 Å². The highest BCUT2D eigenvalue weighted by molar-refractivity contribution is 5.79. The van der Waals surface area contributed by atoms with Gasteiger partial charge in [-0.25, -0.2) is 0 Å². The average Bonchev–Trinajstić information content (AvgIpc) is 2.65. The van der Waals surface area contributed by atoms with Crippen molar-refractivity contribution in [2.75, 3.05) is 13.2 Å². The average molecular weight is 200 g/mol. The molecule has 0 aromatic rings. The van der Waals surface area contributed by atoms with E-state index >= 15 is 0 Å². The Bertz CT molecular complexity index is 197. The number of rotatable bonds is 4. The molecule has 14 heavy (non-hydrogen) atoms. The quantitative estimate of drug-likeness (QED) is 0.684. The third-order valence-electron chi connectivity index (χ3n) is 2.69. The predicted molar refractivity (Wildman–Crippen MR) is 54.8 cm³/mol. The van der Waals surface area contributed by atoms with Crippen LogP contribution >= 0.6 is 0 Å². The summed E-state index contributed by atoms with van der Waals surface area (Å²) in [6, 6.07) is 0.0561. The van der Waals surface area contributed by atoms with Gasteiger partial charge in [-0.05, 0) is 19.8 Å². The van der Waals surface area contributed by atoms with Crippen LogP contribution in [-0.2, 0) is 9.53 Å². The predicted octanol–water partition coefficient (Wildman–Crippen LogP) is 0.265. The molecule has 0 aromatic heterocycles. The van der Waals surface area contributed by atoms with E-state index < -0.39 is 0 Å². The molecule has 1 heterocycles. The summed E-state index contributed by atoms with van der Waals surface area (Å²) >= 11 is 0. The molecule has 0 aliphatic carbocycles. The van der Waals surface area contributed by atoms with Gasteiger partial charge in [0, 0.05) is 19.2 Å². The molecular weight excluding hydrogens is 180 g/mol. The third kappa shape index (κ3) is 2.69. The Labute approximate surface area is 85.2 Å². The second kappa shape index (κ2) is 5.32. The first kappa shape index (κ1) is 11.5. The van der Waals surface area contributed by atoms with Gasteiger partial charge in [-0.15, -0.1) is 0 Å². The van der Waals surface area contributed by atoms with E-state index in [0.717, 1.165) is 12.8 Å². The lowest BCUT2D eigenvalue weighted by atomic mass is 9.98. The Morgan fingerprint density at radius 3 is 3.00 bits per heavy atom. The van der Waals surface area contributed by atoms with Gasteiger partial charge in [-0.2, -0.15) is 0 Å². The summed E-state index contributed by atoms with van der Waals surface area (Å²) in [6.07, 6.45) is 1.83. The number of ether oxygens (including phenoxy) is 1. The Hall–Kier alpha value is -0.610. The molecule has 2 unspecified atom stereocenters. The molecule has 0 saturated carbocycles. The van der Waals surface area contributed by atoms with E-state index in [9.17, 15) is 4.79 Å². The molecule has 1 amide bonds. The number of nitrogens with two attached hydrogens (primary N) is 1. The van der Waals surface area contributed by atoms with E-state index in [4.69, 9.17) is 10.5 Å². The van der Waals surface area contributed by atoms with Gasteiger partial charge in [0.25, 0.3) is 0 Å². The zero-order valence-corrected chi connectivity index (χ0v) is 8.95. The highest BCUT2D eigenvalue weighted by atomic mass is 16.5. The summed E-state index contributed by atoms with van der Waals surface area (Å²) in [5, 5.41) is 2.89. The maximum absolute atomic E-state index is 11.7. The van der Waals surface area contributed by atoms with Gasteiger partial charge in [0.1, 0.15) is 0 Å². The highest BCUT2D eigenvalue weighted by Crippen LogP contribution is 2.23. The smallest absolute Gasteiger partial charge is 0.226 e. The van der Waals surface area contributed by atoms with E-state index in [1.807, 2.05) is 13.8 Å². The number of carbonyl (C=O) groups is 1. The monoisotopic (exact) mass is 200 g/mol. The molecule has 1 fully saturated rings. The van der Waals surface area contributed by atoms with Crippen molar-refractivity contribution in [3.8, 4) is 0 Å². The van der Waals surface area contributed by atoms with Crippen LogP contribution in [-0.4, -0.2) is 31.2 Å². The molecule has 1 rings (SSSR count). The summed E-state index contributed by atoms with van der Waals surface area (Å²) in [7, 11) is 0. The standard InChI is InChI=1S/C10H20N2O2/c1-3-9-8(4-5-14-9)10(13)12-7(2)6-11/h7-9H,3-6,11H2,1-2H3,(H,12,13)/t7-,8?,9?/m1/s1. The number of amides is 1. The van der Waals surface area contributed by atoms with E-state index in [1.165, 1.54) is 0 Å². The molecule has 82 valence electrons. The number of hydrogen-bond acceptors (Lipinski definition) is 3.